The molecule has 1 aliphatic heterocycles. The van der Waals surface area contributed by atoms with E-state index in [1.54, 1.807) is 12.3 Å². The number of carbonyl (C=O) groups is 1. The van der Waals surface area contributed by atoms with Gasteiger partial charge in [0.15, 0.2) is 0 Å². The van der Waals surface area contributed by atoms with Gasteiger partial charge in [-0.3, -0.25) is 9.78 Å². The third kappa shape index (κ3) is 1.93. The number of hydrogen-bond donors (Lipinski definition) is 1. The molecule has 2 atom stereocenters. The molecule has 0 aromatic carbocycles. The molecule has 0 bridgehead atoms. The lowest BCUT2D eigenvalue weighted by Gasteiger charge is -2.16. The third-order valence-electron chi connectivity index (χ3n) is 3.20. The summed E-state index contributed by atoms with van der Waals surface area (Å²) in [6, 6.07) is 3.71. The van der Waals surface area contributed by atoms with Crippen LogP contribution < -0.4 is 5.73 Å². The monoisotopic (exact) mass is 219 g/mol. The number of pyridine rings is 1. The fourth-order valence-corrected chi connectivity index (χ4v) is 2.04. The first kappa shape index (κ1) is 11.1. The van der Waals surface area contributed by atoms with Crippen LogP contribution in [0.1, 0.15) is 23.0 Å². The Labute approximate surface area is 95.5 Å². The summed E-state index contributed by atoms with van der Waals surface area (Å²) < 4.78 is 0. The summed E-state index contributed by atoms with van der Waals surface area (Å²) >= 11 is 0. The Bertz CT molecular complexity index is 395. The van der Waals surface area contributed by atoms with E-state index in [2.05, 4.69) is 11.9 Å². The number of carbonyl (C=O) groups excluding carboxylic acids is 1. The minimum Gasteiger partial charge on any atom is -0.337 e. The summed E-state index contributed by atoms with van der Waals surface area (Å²) in [7, 11) is 0. The SMILES string of the molecule is Cc1ncccc1C(=O)N1CC(C)C(N)C1. The van der Waals surface area contributed by atoms with Crippen LogP contribution in [0.15, 0.2) is 18.3 Å². The second kappa shape index (κ2) is 4.22. The zero-order chi connectivity index (χ0) is 11.7. The minimum atomic E-state index is 0.0467. The molecule has 2 N–H and O–H groups in total. The summed E-state index contributed by atoms with van der Waals surface area (Å²) in [6.45, 7) is 5.32. The molecule has 1 aromatic rings. The number of likely N-dealkylation sites (tertiary alicyclic amines) is 1. The van der Waals surface area contributed by atoms with Crippen molar-refractivity contribution in [3.63, 3.8) is 0 Å². The molecule has 4 heteroatoms. The van der Waals surface area contributed by atoms with Crippen molar-refractivity contribution in [3.8, 4) is 0 Å². The van der Waals surface area contributed by atoms with Crippen LogP contribution in [0, 0.1) is 12.8 Å². The van der Waals surface area contributed by atoms with E-state index >= 15 is 0 Å². The summed E-state index contributed by atoms with van der Waals surface area (Å²) in [5.41, 5.74) is 7.38. The maximum Gasteiger partial charge on any atom is 0.255 e. The van der Waals surface area contributed by atoms with E-state index in [0.717, 1.165) is 12.2 Å². The average Bonchev–Trinajstić information content (AvgIpc) is 2.59. The van der Waals surface area contributed by atoms with Crippen molar-refractivity contribution in [3.05, 3.63) is 29.6 Å². The van der Waals surface area contributed by atoms with Gasteiger partial charge in [-0.2, -0.15) is 0 Å². The first-order chi connectivity index (χ1) is 7.59. The molecule has 2 unspecified atom stereocenters. The fraction of sp³-hybridized carbons (Fsp3) is 0.500. The molecule has 1 aromatic heterocycles. The molecule has 0 saturated carbocycles. The Kier molecular flexibility index (Phi) is 2.92. The van der Waals surface area contributed by atoms with Crippen LogP contribution in [0.25, 0.3) is 0 Å². The highest BCUT2D eigenvalue weighted by Crippen LogP contribution is 2.18. The number of aromatic nitrogens is 1. The van der Waals surface area contributed by atoms with Gasteiger partial charge in [0.05, 0.1) is 5.56 Å². The summed E-state index contributed by atoms with van der Waals surface area (Å²) in [4.78, 5) is 18.1. The molecular weight excluding hydrogens is 202 g/mol. The molecule has 1 aliphatic rings. The number of nitrogens with zero attached hydrogens (tertiary/aromatic N) is 2. The number of rotatable bonds is 1. The molecule has 1 saturated heterocycles. The lowest BCUT2D eigenvalue weighted by Crippen LogP contribution is -2.32. The van der Waals surface area contributed by atoms with Crippen molar-refractivity contribution < 1.29 is 4.79 Å². The molecule has 4 nitrogen and oxygen atoms in total. The zero-order valence-corrected chi connectivity index (χ0v) is 9.68. The van der Waals surface area contributed by atoms with E-state index in [1.165, 1.54) is 0 Å². The van der Waals surface area contributed by atoms with E-state index in [9.17, 15) is 4.79 Å². The van der Waals surface area contributed by atoms with Gasteiger partial charge in [0.25, 0.3) is 5.91 Å². The highest BCUT2D eigenvalue weighted by atomic mass is 16.2. The number of hydrogen-bond acceptors (Lipinski definition) is 3. The smallest absolute Gasteiger partial charge is 0.255 e. The lowest BCUT2D eigenvalue weighted by atomic mass is 10.1. The predicted octanol–water partition coefficient (Wildman–Crippen LogP) is 0.809. The van der Waals surface area contributed by atoms with Crippen molar-refractivity contribution >= 4 is 5.91 Å². The van der Waals surface area contributed by atoms with Crippen LogP contribution in [-0.4, -0.2) is 34.9 Å². The van der Waals surface area contributed by atoms with Gasteiger partial charge >= 0.3 is 0 Å². The molecule has 0 aliphatic carbocycles. The molecule has 1 fully saturated rings. The molecule has 2 heterocycles. The van der Waals surface area contributed by atoms with Gasteiger partial charge in [0.1, 0.15) is 0 Å². The quantitative estimate of drug-likeness (QED) is 0.760. The Morgan fingerprint density at radius 3 is 2.88 bits per heavy atom. The van der Waals surface area contributed by atoms with Gasteiger partial charge < -0.3 is 10.6 Å². The molecule has 1 amide bonds. The third-order valence-corrected chi connectivity index (χ3v) is 3.20. The fourth-order valence-electron chi connectivity index (χ4n) is 2.04. The van der Waals surface area contributed by atoms with Gasteiger partial charge in [-0.05, 0) is 25.0 Å². The predicted molar refractivity (Wildman–Crippen MR) is 62.0 cm³/mol. The van der Waals surface area contributed by atoms with E-state index in [1.807, 2.05) is 17.9 Å². The Morgan fingerprint density at radius 2 is 2.31 bits per heavy atom. The van der Waals surface area contributed by atoms with Crippen molar-refractivity contribution in [2.24, 2.45) is 11.7 Å². The van der Waals surface area contributed by atoms with Crippen LogP contribution >= 0.6 is 0 Å². The molecule has 16 heavy (non-hydrogen) atoms. The van der Waals surface area contributed by atoms with Crippen molar-refractivity contribution in [1.29, 1.82) is 0 Å². The highest BCUT2D eigenvalue weighted by Gasteiger charge is 2.30. The molecule has 86 valence electrons. The Hall–Kier alpha value is -1.42. The molecule has 0 radical (unpaired) electrons. The summed E-state index contributed by atoms with van der Waals surface area (Å²) in [6.07, 6.45) is 1.70. The van der Waals surface area contributed by atoms with Crippen LogP contribution in [0.3, 0.4) is 0 Å². The van der Waals surface area contributed by atoms with Crippen LogP contribution in [-0.2, 0) is 0 Å². The average molecular weight is 219 g/mol. The maximum atomic E-state index is 12.2. The van der Waals surface area contributed by atoms with Crippen molar-refractivity contribution in [1.82, 2.24) is 9.88 Å². The van der Waals surface area contributed by atoms with Crippen molar-refractivity contribution in [2.75, 3.05) is 13.1 Å². The minimum absolute atomic E-state index is 0.0467. The second-order valence-corrected chi connectivity index (χ2v) is 4.49. The van der Waals surface area contributed by atoms with E-state index in [4.69, 9.17) is 5.73 Å². The van der Waals surface area contributed by atoms with E-state index in [-0.39, 0.29) is 11.9 Å². The standard InChI is InChI=1S/C12H17N3O/c1-8-6-15(7-11(8)13)12(16)10-4-3-5-14-9(10)2/h3-5,8,11H,6-7,13H2,1-2H3. The Balaban J connectivity index is 2.18. The number of amides is 1. The van der Waals surface area contributed by atoms with Gasteiger partial charge in [0.2, 0.25) is 0 Å². The molecule has 0 spiro atoms. The van der Waals surface area contributed by atoms with E-state index < -0.39 is 0 Å². The van der Waals surface area contributed by atoms with Crippen molar-refractivity contribution in [2.45, 2.75) is 19.9 Å². The van der Waals surface area contributed by atoms with Crippen LogP contribution in [0.5, 0.6) is 0 Å². The maximum absolute atomic E-state index is 12.2. The normalized spacial score (nSPS) is 24.8. The lowest BCUT2D eigenvalue weighted by molar-refractivity contribution is 0.0785. The van der Waals surface area contributed by atoms with Crippen LogP contribution in [0.4, 0.5) is 0 Å². The first-order valence-electron chi connectivity index (χ1n) is 5.56. The van der Waals surface area contributed by atoms with Gasteiger partial charge in [-0.25, -0.2) is 0 Å². The molecule has 2 rings (SSSR count). The topological polar surface area (TPSA) is 59.2 Å². The van der Waals surface area contributed by atoms with Gasteiger partial charge in [-0.15, -0.1) is 0 Å². The largest absolute Gasteiger partial charge is 0.337 e. The molecular formula is C12H17N3O. The number of aryl methyl sites for hydroxylation is 1. The summed E-state index contributed by atoms with van der Waals surface area (Å²) in [5.74, 6) is 0.423. The van der Waals surface area contributed by atoms with Gasteiger partial charge in [-0.1, -0.05) is 6.92 Å². The number of nitrogens with two attached hydrogens (primary N) is 1. The first-order valence-corrected chi connectivity index (χ1v) is 5.56. The Morgan fingerprint density at radius 1 is 1.56 bits per heavy atom. The summed E-state index contributed by atoms with van der Waals surface area (Å²) in [5, 5.41) is 0. The van der Waals surface area contributed by atoms with Crippen LogP contribution in [0.2, 0.25) is 0 Å². The zero-order valence-electron chi connectivity index (χ0n) is 9.68. The van der Waals surface area contributed by atoms with E-state index in [0.29, 0.717) is 18.0 Å². The highest BCUT2D eigenvalue weighted by molar-refractivity contribution is 5.95. The second-order valence-electron chi connectivity index (χ2n) is 4.49. The van der Waals surface area contributed by atoms with Gasteiger partial charge in [0, 0.05) is 31.0 Å².